The molecule has 0 aromatic heterocycles. The molecule has 0 radical (unpaired) electrons. The summed E-state index contributed by atoms with van der Waals surface area (Å²) in [5, 5.41) is 0. The van der Waals surface area contributed by atoms with E-state index in [1.807, 2.05) is 27.7 Å². The van der Waals surface area contributed by atoms with Crippen LogP contribution < -0.4 is 0 Å². The van der Waals surface area contributed by atoms with Gasteiger partial charge in [0.05, 0.1) is 0 Å². The first-order valence-corrected chi connectivity index (χ1v) is 20.8. The number of aryl methyl sites for hydroxylation is 1. The second kappa shape index (κ2) is 37.7. The van der Waals surface area contributed by atoms with E-state index in [4.69, 9.17) is 0 Å². The van der Waals surface area contributed by atoms with E-state index in [0.29, 0.717) is 0 Å². The van der Waals surface area contributed by atoms with E-state index < -0.39 is 0 Å². The van der Waals surface area contributed by atoms with Crippen LogP contribution in [0.3, 0.4) is 0 Å². The third kappa shape index (κ3) is 28.2. The second-order valence-corrected chi connectivity index (χ2v) is 14.3. The first kappa shape index (κ1) is 54.3. The Balaban J connectivity index is -0.000000484. The number of terminal acetylenes is 1. The molecule has 1 aliphatic carbocycles. The number of allylic oxidation sites excluding steroid dienone is 9. The van der Waals surface area contributed by atoms with Gasteiger partial charge in [-0.15, -0.1) is 12.8 Å². The molecule has 0 heteroatoms. The quantitative estimate of drug-likeness (QED) is 0.0921. The summed E-state index contributed by atoms with van der Waals surface area (Å²) in [4.78, 5) is 0. The van der Waals surface area contributed by atoms with Crippen LogP contribution in [0, 0.1) is 31.6 Å². The van der Waals surface area contributed by atoms with Crippen LogP contribution in [0.25, 0.3) is 5.57 Å². The lowest BCUT2D eigenvalue weighted by Crippen LogP contribution is -2.11. The Morgan fingerprint density at radius 3 is 1.96 bits per heavy atom. The molecule has 1 aliphatic rings. The monoisotopic (exact) mass is 689 g/mol. The molecule has 288 valence electrons. The normalized spacial score (nSPS) is 12.9. The number of benzene rings is 1. The summed E-state index contributed by atoms with van der Waals surface area (Å²) in [5.74, 6) is 1.58. The van der Waals surface area contributed by atoms with Gasteiger partial charge in [0.15, 0.2) is 0 Å². The minimum atomic E-state index is 0.149. The van der Waals surface area contributed by atoms with Gasteiger partial charge in [0.2, 0.25) is 0 Å². The minimum Gasteiger partial charge on any atom is -0.124 e. The van der Waals surface area contributed by atoms with Gasteiger partial charge in [0.1, 0.15) is 0 Å². The SMILES string of the molecule is C#C.C=CC(=C\CCCCCC(C)C)/C(=C/CC(CC)CCC)c1cc(C(C)(C)C)ccc1C.CC.CC.CCC.CCCC1=CC=CCC1. The van der Waals surface area contributed by atoms with E-state index in [1.165, 1.54) is 105 Å². The van der Waals surface area contributed by atoms with Crippen molar-refractivity contribution in [2.75, 3.05) is 0 Å². The number of rotatable bonds is 16. The Labute approximate surface area is 317 Å². The highest BCUT2D eigenvalue weighted by atomic mass is 14.2. The standard InChI is InChI=1S/C32H52.C9H14.C3H8.2C2H6.C2H2/c1-10-17-27(11-2)21-23-30(28(12-3)19-16-14-13-15-18-25(4)5)31-24-29(32(7,8)9)22-20-26(31)6;1-2-6-9-7-4-3-5-8-9;1-3-2;3*1-2/h12,19-20,22-25,27H,3,10-11,13-18,21H2,1-2,4-9H3;3-4,7H,2,5-6,8H2,1H3;3H2,1-2H3;2*1-2H3;1-2H/b28-19+,30-23-;;;;;. The molecule has 0 fully saturated rings. The highest BCUT2D eigenvalue weighted by molar-refractivity contribution is 5.83. The first-order chi connectivity index (χ1) is 24.0. The molecule has 1 aromatic carbocycles. The van der Waals surface area contributed by atoms with Gasteiger partial charge >= 0.3 is 0 Å². The summed E-state index contributed by atoms with van der Waals surface area (Å²) in [6, 6.07) is 7.04. The van der Waals surface area contributed by atoms with Crippen LogP contribution in [0.5, 0.6) is 0 Å². The molecule has 0 saturated carbocycles. The van der Waals surface area contributed by atoms with Crippen molar-refractivity contribution in [3.63, 3.8) is 0 Å². The van der Waals surface area contributed by atoms with E-state index >= 15 is 0 Å². The second-order valence-electron chi connectivity index (χ2n) is 14.3. The van der Waals surface area contributed by atoms with E-state index in [0.717, 1.165) is 24.7 Å². The van der Waals surface area contributed by atoms with E-state index in [9.17, 15) is 0 Å². The molecule has 0 saturated heterocycles. The Morgan fingerprint density at radius 1 is 0.880 bits per heavy atom. The smallest absolute Gasteiger partial charge is 0.0132 e. The van der Waals surface area contributed by atoms with E-state index in [2.05, 4.69) is 150 Å². The molecule has 0 bridgehead atoms. The van der Waals surface area contributed by atoms with Gasteiger partial charge in [-0.25, -0.2) is 0 Å². The molecule has 0 amide bonds. The van der Waals surface area contributed by atoms with Crippen molar-refractivity contribution in [3.8, 4) is 12.8 Å². The predicted molar refractivity (Wildman–Crippen MR) is 237 cm³/mol. The van der Waals surface area contributed by atoms with Gasteiger partial charge in [-0.1, -0.05) is 215 Å². The van der Waals surface area contributed by atoms with Crippen LogP contribution in [0.1, 0.15) is 204 Å². The minimum absolute atomic E-state index is 0.149. The fourth-order valence-electron chi connectivity index (χ4n) is 5.56. The lowest BCUT2D eigenvalue weighted by Gasteiger charge is -2.22. The summed E-state index contributed by atoms with van der Waals surface area (Å²) in [6.07, 6.45) is 39.5. The van der Waals surface area contributed by atoms with Gasteiger partial charge < -0.3 is 0 Å². The molecule has 50 heavy (non-hydrogen) atoms. The van der Waals surface area contributed by atoms with Gasteiger partial charge in [-0.05, 0) is 90.5 Å². The molecule has 1 aromatic rings. The molecule has 0 N–H and O–H groups in total. The molecular formula is C50H88. The van der Waals surface area contributed by atoms with Crippen molar-refractivity contribution >= 4 is 5.57 Å². The van der Waals surface area contributed by atoms with Crippen molar-refractivity contribution in [1.29, 1.82) is 0 Å². The Bertz CT molecular complexity index is 1040. The molecule has 0 heterocycles. The van der Waals surface area contributed by atoms with Gasteiger partial charge in [-0.2, -0.15) is 0 Å². The highest BCUT2D eigenvalue weighted by Crippen LogP contribution is 2.33. The average molecular weight is 689 g/mol. The first-order valence-electron chi connectivity index (χ1n) is 20.8. The van der Waals surface area contributed by atoms with E-state index in [1.54, 1.807) is 5.57 Å². The lowest BCUT2D eigenvalue weighted by molar-refractivity contribution is 0.470. The van der Waals surface area contributed by atoms with Crippen LogP contribution in [-0.4, -0.2) is 0 Å². The van der Waals surface area contributed by atoms with Crippen LogP contribution in [0.2, 0.25) is 0 Å². The zero-order valence-electron chi connectivity index (χ0n) is 36.6. The third-order valence-electron chi connectivity index (χ3n) is 8.38. The van der Waals surface area contributed by atoms with Gasteiger partial charge in [0.25, 0.3) is 0 Å². The maximum Gasteiger partial charge on any atom is -0.0132 e. The van der Waals surface area contributed by atoms with Crippen molar-refractivity contribution in [3.05, 3.63) is 89.1 Å². The summed E-state index contributed by atoms with van der Waals surface area (Å²) in [5.41, 5.74) is 8.62. The van der Waals surface area contributed by atoms with Crippen molar-refractivity contribution in [2.45, 2.75) is 199 Å². The van der Waals surface area contributed by atoms with Gasteiger partial charge in [-0.3, -0.25) is 0 Å². The summed E-state index contributed by atoms with van der Waals surface area (Å²) >= 11 is 0. The van der Waals surface area contributed by atoms with Crippen molar-refractivity contribution < 1.29 is 0 Å². The fourth-order valence-corrected chi connectivity index (χ4v) is 5.56. The number of hydrogen-bond donors (Lipinski definition) is 0. The van der Waals surface area contributed by atoms with Crippen molar-refractivity contribution in [2.24, 2.45) is 11.8 Å². The topological polar surface area (TPSA) is 0 Å². The zero-order valence-corrected chi connectivity index (χ0v) is 36.6. The molecule has 0 spiro atoms. The predicted octanol–water partition coefficient (Wildman–Crippen LogP) is 17.4. The van der Waals surface area contributed by atoms with E-state index in [-0.39, 0.29) is 5.41 Å². The zero-order chi connectivity index (χ0) is 39.4. The third-order valence-corrected chi connectivity index (χ3v) is 8.38. The number of hydrogen-bond acceptors (Lipinski definition) is 0. The Kier molecular flexibility index (Phi) is 40.9. The van der Waals surface area contributed by atoms with Crippen LogP contribution in [0.4, 0.5) is 0 Å². The maximum absolute atomic E-state index is 4.22. The number of unbranched alkanes of at least 4 members (excludes halogenated alkanes) is 3. The average Bonchev–Trinajstić information content (AvgIpc) is 3.12. The highest BCUT2D eigenvalue weighted by Gasteiger charge is 2.17. The maximum atomic E-state index is 4.22. The van der Waals surface area contributed by atoms with Crippen LogP contribution >= 0.6 is 0 Å². The molecule has 2 rings (SSSR count). The van der Waals surface area contributed by atoms with Crippen molar-refractivity contribution in [1.82, 2.24) is 0 Å². The molecular weight excluding hydrogens is 601 g/mol. The Hall–Kier alpha value is -2.52. The summed E-state index contributed by atoms with van der Waals surface area (Å²) < 4.78 is 0. The summed E-state index contributed by atoms with van der Waals surface area (Å²) in [7, 11) is 0. The fraction of sp³-hybridized carbons (Fsp3) is 0.640. The molecule has 1 unspecified atom stereocenters. The van der Waals surface area contributed by atoms with Crippen LogP contribution in [0.15, 0.2) is 72.4 Å². The molecule has 0 nitrogen and oxygen atoms in total. The Morgan fingerprint density at radius 2 is 1.50 bits per heavy atom. The summed E-state index contributed by atoms with van der Waals surface area (Å²) in [6.45, 7) is 37.2. The van der Waals surface area contributed by atoms with Crippen LogP contribution in [-0.2, 0) is 5.41 Å². The lowest BCUT2D eigenvalue weighted by atomic mass is 9.82. The molecule has 1 atom stereocenters. The van der Waals surface area contributed by atoms with Gasteiger partial charge in [0, 0.05) is 0 Å². The largest absolute Gasteiger partial charge is 0.124 e. The molecule has 0 aliphatic heterocycles.